The molecule has 2 heterocycles. The molecule has 3 rings (SSSR count). The van der Waals surface area contributed by atoms with E-state index in [1.165, 1.54) is 15.6 Å². The second-order valence-corrected chi connectivity index (χ2v) is 4.97. The summed E-state index contributed by atoms with van der Waals surface area (Å²) in [6.07, 6.45) is 1.12. The fourth-order valence-electron chi connectivity index (χ4n) is 2.33. The van der Waals surface area contributed by atoms with Gasteiger partial charge in [0.05, 0.1) is 18.8 Å². The van der Waals surface area contributed by atoms with Gasteiger partial charge >= 0.3 is 0 Å². The van der Waals surface area contributed by atoms with Crippen LogP contribution in [0.4, 0.5) is 0 Å². The Labute approximate surface area is 104 Å². The Kier molecular flexibility index (Phi) is 3.08. The summed E-state index contributed by atoms with van der Waals surface area (Å²) in [7, 11) is 0. The Hall–Kier alpha value is -0.0900. The standard InChI is InChI=1S/C11H12BrNO.ClH/c12-9-1-2-10-8(5-9)3-4-13-11(10)6-14-7-11;/h1-2,5,13H,3-4,6-7H2;1H. The predicted octanol–water partition coefficient (Wildman–Crippen LogP) is 2.24. The number of nitrogens with one attached hydrogen (secondary N) is 1. The largest absolute Gasteiger partial charge is 0.377 e. The average molecular weight is 291 g/mol. The first kappa shape index (κ1) is 11.4. The highest BCUT2D eigenvalue weighted by atomic mass is 79.9. The van der Waals surface area contributed by atoms with Crippen molar-refractivity contribution >= 4 is 28.3 Å². The fraction of sp³-hybridized carbons (Fsp3) is 0.455. The summed E-state index contributed by atoms with van der Waals surface area (Å²) >= 11 is 3.52. The van der Waals surface area contributed by atoms with E-state index in [1.54, 1.807) is 0 Å². The van der Waals surface area contributed by atoms with Crippen molar-refractivity contribution in [1.82, 2.24) is 5.32 Å². The summed E-state index contributed by atoms with van der Waals surface area (Å²) < 4.78 is 6.50. The molecule has 0 unspecified atom stereocenters. The second kappa shape index (κ2) is 4.06. The molecule has 1 N–H and O–H groups in total. The molecule has 0 amide bonds. The van der Waals surface area contributed by atoms with Gasteiger partial charge in [0.2, 0.25) is 0 Å². The topological polar surface area (TPSA) is 21.3 Å². The van der Waals surface area contributed by atoms with Gasteiger partial charge in [0.15, 0.2) is 0 Å². The number of benzene rings is 1. The summed E-state index contributed by atoms with van der Waals surface area (Å²) in [5, 5.41) is 3.57. The molecular formula is C11H13BrClNO. The minimum absolute atomic E-state index is 0. The van der Waals surface area contributed by atoms with Gasteiger partial charge in [-0.05, 0) is 29.7 Å². The van der Waals surface area contributed by atoms with E-state index in [0.29, 0.717) is 0 Å². The molecule has 15 heavy (non-hydrogen) atoms. The Bertz CT molecular complexity index is 379. The van der Waals surface area contributed by atoms with E-state index in [0.717, 1.165) is 26.2 Å². The molecule has 82 valence electrons. The fourth-order valence-corrected chi connectivity index (χ4v) is 2.74. The lowest BCUT2D eigenvalue weighted by Gasteiger charge is -2.46. The molecule has 0 radical (unpaired) electrons. The molecule has 2 aliphatic rings. The molecule has 1 fully saturated rings. The van der Waals surface area contributed by atoms with Crippen LogP contribution in [-0.2, 0) is 16.7 Å². The molecule has 0 saturated carbocycles. The Morgan fingerprint density at radius 2 is 2.13 bits per heavy atom. The molecule has 1 spiro atoms. The molecule has 1 aromatic rings. The first-order chi connectivity index (χ1) is 6.80. The number of hydrogen-bond acceptors (Lipinski definition) is 2. The zero-order valence-electron chi connectivity index (χ0n) is 8.25. The van der Waals surface area contributed by atoms with Crippen molar-refractivity contribution in [3.05, 3.63) is 33.8 Å². The smallest absolute Gasteiger partial charge is 0.0911 e. The van der Waals surface area contributed by atoms with Crippen LogP contribution in [0.25, 0.3) is 0 Å². The monoisotopic (exact) mass is 289 g/mol. The lowest BCUT2D eigenvalue weighted by molar-refractivity contribution is -0.0814. The van der Waals surface area contributed by atoms with Gasteiger partial charge in [0, 0.05) is 11.0 Å². The number of fused-ring (bicyclic) bond motifs is 2. The van der Waals surface area contributed by atoms with Gasteiger partial charge < -0.3 is 10.1 Å². The first-order valence-corrected chi connectivity index (χ1v) is 5.71. The van der Waals surface area contributed by atoms with E-state index in [1.807, 2.05) is 0 Å². The van der Waals surface area contributed by atoms with Crippen molar-refractivity contribution < 1.29 is 4.74 Å². The van der Waals surface area contributed by atoms with Crippen molar-refractivity contribution in [2.45, 2.75) is 12.0 Å². The van der Waals surface area contributed by atoms with Crippen molar-refractivity contribution in [1.29, 1.82) is 0 Å². The van der Waals surface area contributed by atoms with Gasteiger partial charge in [-0.25, -0.2) is 0 Å². The summed E-state index contributed by atoms with van der Waals surface area (Å²) in [5.74, 6) is 0. The SMILES string of the molecule is Brc1ccc2c(c1)CCNC21COC1.Cl. The first-order valence-electron chi connectivity index (χ1n) is 4.92. The van der Waals surface area contributed by atoms with Crippen LogP contribution < -0.4 is 5.32 Å². The highest BCUT2D eigenvalue weighted by Gasteiger charge is 2.42. The van der Waals surface area contributed by atoms with Crippen LogP contribution in [-0.4, -0.2) is 19.8 Å². The normalized spacial score (nSPS) is 21.4. The predicted molar refractivity (Wildman–Crippen MR) is 65.6 cm³/mol. The van der Waals surface area contributed by atoms with Crippen LogP contribution in [0.1, 0.15) is 11.1 Å². The lowest BCUT2D eigenvalue weighted by atomic mass is 9.81. The molecule has 1 aromatic carbocycles. The van der Waals surface area contributed by atoms with Crippen molar-refractivity contribution in [3.8, 4) is 0 Å². The maximum absolute atomic E-state index is 5.33. The van der Waals surface area contributed by atoms with Crippen molar-refractivity contribution in [3.63, 3.8) is 0 Å². The summed E-state index contributed by atoms with van der Waals surface area (Å²) in [6, 6.07) is 6.57. The summed E-state index contributed by atoms with van der Waals surface area (Å²) in [4.78, 5) is 0. The highest BCUT2D eigenvalue weighted by Crippen LogP contribution is 2.35. The van der Waals surface area contributed by atoms with E-state index in [9.17, 15) is 0 Å². The molecule has 0 atom stereocenters. The zero-order valence-corrected chi connectivity index (χ0v) is 10.7. The van der Waals surface area contributed by atoms with E-state index in [2.05, 4.69) is 39.4 Å². The number of rotatable bonds is 0. The van der Waals surface area contributed by atoms with Gasteiger partial charge in [-0.1, -0.05) is 22.0 Å². The lowest BCUT2D eigenvalue weighted by Crippen LogP contribution is -2.60. The third-order valence-electron chi connectivity index (χ3n) is 3.14. The van der Waals surface area contributed by atoms with Crippen LogP contribution in [0.15, 0.2) is 22.7 Å². The highest BCUT2D eigenvalue weighted by molar-refractivity contribution is 9.10. The summed E-state index contributed by atoms with van der Waals surface area (Å²) in [5.41, 5.74) is 3.02. The minimum atomic E-state index is 0. The van der Waals surface area contributed by atoms with Crippen LogP contribution in [0.2, 0.25) is 0 Å². The Morgan fingerprint density at radius 1 is 1.33 bits per heavy atom. The Morgan fingerprint density at radius 3 is 2.80 bits per heavy atom. The molecule has 2 aliphatic heterocycles. The van der Waals surface area contributed by atoms with Gasteiger partial charge in [0.1, 0.15) is 0 Å². The molecule has 4 heteroatoms. The van der Waals surface area contributed by atoms with E-state index < -0.39 is 0 Å². The maximum atomic E-state index is 5.33. The van der Waals surface area contributed by atoms with E-state index in [-0.39, 0.29) is 17.9 Å². The Balaban J connectivity index is 0.000000853. The molecule has 2 nitrogen and oxygen atoms in total. The molecule has 0 aliphatic carbocycles. The third kappa shape index (κ3) is 1.72. The summed E-state index contributed by atoms with van der Waals surface area (Å²) in [6.45, 7) is 2.70. The van der Waals surface area contributed by atoms with Gasteiger partial charge in [0.25, 0.3) is 0 Å². The average Bonchev–Trinajstić information content (AvgIpc) is 2.13. The molecule has 0 aromatic heterocycles. The minimum Gasteiger partial charge on any atom is -0.377 e. The molecule has 1 saturated heterocycles. The van der Waals surface area contributed by atoms with Gasteiger partial charge in [-0.15, -0.1) is 12.4 Å². The van der Waals surface area contributed by atoms with E-state index >= 15 is 0 Å². The third-order valence-corrected chi connectivity index (χ3v) is 3.63. The van der Waals surface area contributed by atoms with Crippen molar-refractivity contribution in [2.75, 3.05) is 19.8 Å². The quantitative estimate of drug-likeness (QED) is 0.791. The second-order valence-electron chi connectivity index (χ2n) is 4.05. The maximum Gasteiger partial charge on any atom is 0.0911 e. The number of halogens is 2. The van der Waals surface area contributed by atoms with Crippen molar-refractivity contribution in [2.24, 2.45) is 0 Å². The van der Waals surface area contributed by atoms with Gasteiger partial charge in [-0.3, -0.25) is 0 Å². The number of hydrogen-bond donors (Lipinski definition) is 1. The zero-order chi connectivity index (χ0) is 9.60. The number of ether oxygens (including phenoxy) is 1. The van der Waals surface area contributed by atoms with E-state index in [4.69, 9.17) is 4.74 Å². The van der Waals surface area contributed by atoms with Gasteiger partial charge in [-0.2, -0.15) is 0 Å². The van der Waals surface area contributed by atoms with Crippen LogP contribution in [0, 0.1) is 0 Å². The molecular weight excluding hydrogens is 277 g/mol. The van der Waals surface area contributed by atoms with Crippen LogP contribution in [0.3, 0.4) is 0 Å². The molecule has 0 bridgehead atoms. The van der Waals surface area contributed by atoms with Crippen LogP contribution in [0.5, 0.6) is 0 Å². The van der Waals surface area contributed by atoms with Crippen LogP contribution >= 0.6 is 28.3 Å².